The lowest BCUT2D eigenvalue weighted by atomic mass is 9.99. The highest BCUT2D eigenvalue weighted by Crippen LogP contribution is 2.45. The summed E-state index contributed by atoms with van der Waals surface area (Å²) < 4.78 is 68.6. The van der Waals surface area contributed by atoms with Crippen molar-refractivity contribution in [3.8, 4) is 0 Å². The third-order valence-corrected chi connectivity index (χ3v) is 20.7. The molecule has 0 fully saturated rings. The second kappa shape index (κ2) is 67.2. The number of phosphoric ester groups is 2. The number of rotatable bonds is 75. The average molecular weight is 1420 g/mol. The van der Waals surface area contributed by atoms with Gasteiger partial charge in [0.15, 0.2) is 12.2 Å². The molecule has 0 aliphatic heterocycles. The van der Waals surface area contributed by atoms with E-state index in [-0.39, 0.29) is 25.7 Å². The molecule has 0 saturated heterocycles. The maximum Gasteiger partial charge on any atom is 0.472 e. The van der Waals surface area contributed by atoms with Crippen molar-refractivity contribution in [2.24, 2.45) is 23.7 Å². The van der Waals surface area contributed by atoms with Gasteiger partial charge in [-0.15, -0.1) is 0 Å². The Labute approximate surface area is 594 Å². The van der Waals surface area contributed by atoms with E-state index in [1.807, 2.05) is 0 Å². The van der Waals surface area contributed by atoms with Gasteiger partial charge in [-0.1, -0.05) is 344 Å². The van der Waals surface area contributed by atoms with E-state index in [1.54, 1.807) is 0 Å². The fraction of sp³-hybridized carbons (Fsp3) is 0.949. The molecule has 0 amide bonds. The van der Waals surface area contributed by atoms with Crippen molar-refractivity contribution in [3.63, 3.8) is 0 Å². The Morgan fingerprint density at radius 3 is 0.732 bits per heavy atom. The summed E-state index contributed by atoms with van der Waals surface area (Å²) in [5.74, 6) is 1.02. The standard InChI is InChI=1S/C78H152O17P2/c1-9-70(7)56-48-40-32-24-18-13-11-12-14-20-27-35-44-52-60-77(82)95-74(65-89-76(81)59-51-43-37-29-31-39-47-55-69(5)6)67-93-97(86,87)91-63-72(79)62-90-96(84,85)92-66-73(94-78(83)61-53-45-36-28-22-21-25-33-41-49-57-71(8)10-2)64-88-75(80)58-50-42-34-26-19-16-15-17-23-30-38-46-54-68(3)4/h68-74,79H,9-67H2,1-8H3,(H,84,85)(H,86,87)/t70?,71?,72?,73-,74-/m1/s1. The minimum Gasteiger partial charge on any atom is -0.462 e. The number of unbranched alkanes of at least 4 members (excludes halogenated alkanes) is 39. The maximum atomic E-state index is 13.1. The molecule has 0 heterocycles. The Morgan fingerprint density at radius 2 is 0.495 bits per heavy atom. The molecule has 0 aliphatic carbocycles. The zero-order valence-electron chi connectivity index (χ0n) is 63.7. The van der Waals surface area contributed by atoms with Crippen molar-refractivity contribution in [3.05, 3.63) is 0 Å². The van der Waals surface area contributed by atoms with Gasteiger partial charge >= 0.3 is 39.5 Å². The van der Waals surface area contributed by atoms with E-state index < -0.39 is 97.5 Å². The Balaban J connectivity index is 5.25. The van der Waals surface area contributed by atoms with E-state index in [0.717, 1.165) is 114 Å². The third-order valence-electron chi connectivity index (χ3n) is 18.8. The number of aliphatic hydroxyl groups excluding tert-OH is 1. The Kier molecular flexibility index (Phi) is 65.9. The zero-order chi connectivity index (χ0) is 71.7. The van der Waals surface area contributed by atoms with Crippen LogP contribution in [0.5, 0.6) is 0 Å². The largest absolute Gasteiger partial charge is 0.472 e. The van der Waals surface area contributed by atoms with E-state index in [2.05, 4.69) is 55.4 Å². The molecule has 0 aromatic rings. The van der Waals surface area contributed by atoms with Crippen molar-refractivity contribution in [1.82, 2.24) is 0 Å². The number of hydrogen-bond donors (Lipinski definition) is 3. The molecule has 0 radical (unpaired) electrons. The molecule has 5 unspecified atom stereocenters. The van der Waals surface area contributed by atoms with Crippen molar-refractivity contribution in [2.75, 3.05) is 39.6 Å². The predicted octanol–water partition coefficient (Wildman–Crippen LogP) is 22.8. The summed E-state index contributed by atoms with van der Waals surface area (Å²) in [6.45, 7) is 14.3. The lowest BCUT2D eigenvalue weighted by Crippen LogP contribution is -2.30. The SMILES string of the molecule is CCC(C)CCCCCCCCCCCCCCCCC(=O)O[C@H](COC(=O)CCCCCCCCCC(C)C)COP(=O)(O)OCC(O)COP(=O)(O)OC[C@@H](COC(=O)CCCCCCCCCCCCCCC(C)C)OC(=O)CCCCCCCCCCCCC(C)CC. The van der Waals surface area contributed by atoms with Crippen molar-refractivity contribution >= 4 is 39.5 Å². The Hall–Kier alpha value is -1.94. The van der Waals surface area contributed by atoms with Crippen LogP contribution in [0.2, 0.25) is 0 Å². The van der Waals surface area contributed by atoms with Crippen LogP contribution in [-0.2, 0) is 65.4 Å². The molecular weight excluding hydrogens is 1270 g/mol. The summed E-state index contributed by atoms with van der Waals surface area (Å²) in [6.07, 6.45) is 52.6. The van der Waals surface area contributed by atoms with E-state index in [4.69, 9.17) is 37.0 Å². The molecule has 19 heteroatoms. The second-order valence-electron chi connectivity index (χ2n) is 29.5. The molecule has 3 N–H and O–H groups in total. The number of hydrogen-bond acceptors (Lipinski definition) is 15. The van der Waals surface area contributed by atoms with Crippen molar-refractivity contribution in [2.45, 2.75) is 414 Å². The van der Waals surface area contributed by atoms with Gasteiger partial charge in [-0.2, -0.15) is 0 Å². The van der Waals surface area contributed by atoms with Crippen LogP contribution in [0.1, 0.15) is 396 Å². The summed E-state index contributed by atoms with van der Waals surface area (Å²) in [6, 6.07) is 0. The summed E-state index contributed by atoms with van der Waals surface area (Å²) in [5.41, 5.74) is 0. The highest BCUT2D eigenvalue weighted by molar-refractivity contribution is 7.47. The van der Waals surface area contributed by atoms with Crippen LogP contribution >= 0.6 is 15.6 Å². The van der Waals surface area contributed by atoms with Gasteiger partial charge < -0.3 is 33.8 Å². The molecule has 0 aromatic heterocycles. The molecule has 17 nitrogen and oxygen atoms in total. The fourth-order valence-electron chi connectivity index (χ4n) is 11.8. The van der Waals surface area contributed by atoms with Gasteiger partial charge in [0.1, 0.15) is 19.3 Å². The van der Waals surface area contributed by atoms with Gasteiger partial charge in [0.05, 0.1) is 26.4 Å². The molecule has 0 aliphatic rings. The minimum absolute atomic E-state index is 0.106. The van der Waals surface area contributed by atoms with Crippen LogP contribution in [0.15, 0.2) is 0 Å². The number of esters is 4. The molecule has 576 valence electrons. The van der Waals surface area contributed by atoms with Crippen LogP contribution in [-0.4, -0.2) is 96.7 Å². The number of ether oxygens (including phenoxy) is 4. The van der Waals surface area contributed by atoms with Crippen LogP contribution in [0, 0.1) is 23.7 Å². The van der Waals surface area contributed by atoms with Crippen LogP contribution in [0.25, 0.3) is 0 Å². The number of aliphatic hydroxyl groups is 1. The van der Waals surface area contributed by atoms with Gasteiger partial charge in [0.25, 0.3) is 0 Å². The van der Waals surface area contributed by atoms with E-state index in [9.17, 15) is 43.2 Å². The van der Waals surface area contributed by atoms with E-state index in [1.165, 1.54) is 193 Å². The molecule has 0 spiro atoms. The molecule has 97 heavy (non-hydrogen) atoms. The second-order valence-corrected chi connectivity index (χ2v) is 32.4. The number of phosphoric acid groups is 2. The number of carbonyl (C=O) groups excluding carboxylic acids is 4. The molecule has 7 atom stereocenters. The third kappa shape index (κ3) is 69.5. The maximum absolute atomic E-state index is 13.1. The summed E-state index contributed by atoms with van der Waals surface area (Å²) in [5, 5.41) is 10.6. The fourth-order valence-corrected chi connectivity index (χ4v) is 13.4. The van der Waals surface area contributed by atoms with E-state index in [0.29, 0.717) is 31.6 Å². The Morgan fingerprint density at radius 1 is 0.289 bits per heavy atom. The zero-order valence-corrected chi connectivity index (χ0v) is 65.5. The molecule has 0 bridgehead atoms. The van der Waals surface area contributed by atoms with Gasteiger partial charge in [-0.05, 0) is 49.4 Å². The quantitative estimate of drug-likeness (QED) is 0.0222. The summed E-state index contributed by atoms with van der Waals surface area (Å²) >= 11 is 0. The van der Waals surface area contributed by atoms with Gasteiger partial charge in [0.2, 0.25) is 0 Å². The smallest absolute Gasteiger partial charge is 0.462 e. The van der Waals surface area contributed by atoms with Crippen molar-refractivity contribution < 1.29 is 80.2 Å². The lowest BCUT2D eigenvalue weighted by molar-refractivity contribution is -0.161. The van der Waals surface area contributed by atoms with Gasteiger partial charge in [0, 0.05) is 25.7 Å². The minimum atomic E-state index is -4.96. The highest BCUT2D eigenvalue weighted by Gasteiger charge is 2.30. The average Bonchev–Trinajstić information content (AvgIpc) is 1.48. The first kappa shape index (κ1) is 95.1. The first-order valence-electron chi connectivity index (χ1n) is 40.3. The topological polar surface area (TPSA) is 237 Å². The van der Waals surface area contributed by atoms with Gasteiger partial charge in [-0.25, -0.2) is 9.13 Å². The van der Waals surface area contributed by atoms with Gasteiger partial charge in [-0.3, -0.25) is 37.3 Å². The Bertz CT molecular complexity index is 1910. The van der Waals surface area contributed by atoms with Crippen molar-refractivity contribution in [1.29, 1.82) is 0 Å². The van der Waals surface area contributed by atoms with Crippen LogP contribution < -0.4 is 0 Å². The summed E-state index contributed by atoms with van der Waals surface area (Å²) in [7, 11) is -9.92. The molecule has 0 saturated carbocycles. The molecule has 0 aromatic carbocycles. The summed E-state index contributed by atoms with van der Waals surface area (Å²) in [4.78, 5) is 72.9. The predicted molar refractivity (Wildman–Crippen MR) is 395 cm³/mol. The van der Waals surface area contributed by atoms with Crippen LogP contribution in [0.3, 0.4) is 0 Å². The highest BCUT2D eigenvalue weighted by atomic mass is 31.2. The normalized spacial score (nSPS) is 14.6. The first-order chi connectivity index (χ1) is 46.7. The number of carbonyl (C=O) groups is 4. The first-order valence-corrected chi connectivity index (χ1v) is 43.3. The molecular formula is C78H152O17P2. The lowest BCUT2D eigenvalue weighted by Gasteiger charge is -2.21. The van der Waals surface area contributed by atoms with Crippen LogP contribution in [0.4, 0.5) is 0 Å². The monoisotopic (exact) mass is 1420 g/mol. The molecule has 0 rings (SSSR count). The van der Waals surface area contributed by atoms with E-state index >= 15 is 0 Å².